The molecule has 1 aromatic carbocycles. The van der Waals surface area contributed by atoms with Crippen molar-refractivity contribution in [3.05, 3.63) is 58.9 Å². The number of benzene rings is 1. The molecule has 216 valence electrons. The predicted octanol–water partition coefficient (Wildman–Crippen LogP) is 2.40. The maximum atomic E-state index is 12.6. The third-order valence-corrected chi connectivity index (χ3v) is 8.85. The second kappa shape index (κ2) is 11.4. The Morgan fingerprint density at radius 2 is 1.90 bits per heavy atom. The Labute approximate surface area is 244 Å². The van der Waals surface area contributed by atoms with Crippen LogP contribution in [0.2, 0.25) is 5.02 Å². The highest BCUT2D eigenvalue weighted by atomic mass is 35.5. The van der Waals surface area contributed by atoms with Crippen LogP contribution in [0.3, 0.4) is 0 Å². The fourth-order valence-electron chi connectivity index (χ4n) is 6.51. The summed E-state index contributed by atoms with van der Waals surface area (Å²) in [5.74, 6) is 0.356. The highest BCUT2D eigenvalue weighted by molar-refractivity contribution is 6.34. The van der Waals surface area contributed by atoms with Gasteiger partial charge in [0, 0.05) is 51.4 Å². The molecule has 0 spiro atoms. The number of carbonyl (C=O) groups is 2. The summed E-state index contributed by atoms with van der Waals surface area (Å²) in [4.78, 5) is 38.3. The van der Waals surface area contributed by atoms with E-state index < -0.39 is 0 Å². The third-order valence-electron chi connectivity index (χ3n) is 8.56. The number of nitrogens with two attached hydrogens (primary N) is 1. The van der Waals surface area contributed by atoms with Gasteiger partial charge in [-0.15, -0.1) is 0 Å². The Morgan fingerprint density at radius 3 is 2.61 bits per heavy atom. The summed E-state index contributed by atoms with van der Waals surface area (Å²) < 4.78 is 5.79. The molecule has 2 aliphatic carbocycles. The summed E-state index contributed by atoms with van der Waals surface area (Å²) in [5.41, 5.74) is 9.75. The smallest absolute Gasteiger partial charge is 0.260 e. The van der Waals surface area contributed by atoms with E-state index in [-0.39, 0.29) is 48.3 Å². The first kappa shape index (κ1) is 27.7. The number of pyridine rings is 1. The standard InChI is InChI=1S/C30H35ClN6O4/c1-17(38)15-36-8-10-37(11-9-36)25(39)16-41-21-6-4-18(5-7-21)23-13-24-29(34-23)28(22(31)14-33-24)35-27-20-3-2-19(12-20)26(27)30(32)40/h2-7,14,17,19-20,26-27,38H,8-13,15-16H2,1H3,(H2,32,40)(H,33,35)/t17?,19-,20+,26+,27-/m1/s1. The molecule has 2 amide bonds. The average molecular weight is 579 g/mol. The molecule has 5 atom stereocenters. The topological polar surface area (TPSA) is 133 Å². The zero-order valence-corrected chi connectivity index (χ0v) is 23.8. The van der Waals surface area contributed by atoms with Crippen molar-refractivity contribution in [2.45, 2.75) is 31.9 Å². The Hall–Kier alpha value is -3.47. The van der Waals surface area contributed by atoms with Gasteiger partial charge in [-0.25, -0.2) is 4.99 Å². The molecule has 11 heteroatoms. The Morgan fingerprint density at radius 1 is 1.17 bits per heavy atom. The minimum atomic E-state index is -0.374. The number of hydrogen-bond donors (Lipinski definition) is 3. The van der Waals surface area contributed by atoms with Crippen LogP contribution in [0.25, 0.3) is 0 Å². The molecular formula is C30H35ClN6O4. The average Bonchev–Trinajstić information content (AvgIpc) is 3.69. The van der Waals surface area contributed by atoms with Crippen LogP contribution in [0.5, 0.6) is 5.75 Å². The van der Waals surface area contributed by atoms with Crippen molar-refractivity contribution in [2.75, 3.05) is 44.6 Å². The van der Waals surface area contributed by atoms with Crippen LogP contribution in [0.15, 0.2) is 47.6 Å². The van der Waals surface area contributed by atoms with Gasteiger partial charge in [0.25, 0.3) is 5.91 Å². The normalized spacial score (nSPS) is 25.6. The molecule has 2 aliphatic heterocycles. The van der Waals surface area contributed by atoms with E-state index in [4.69, 9.17) is 27.1 Å². The zero-order valence-electron chi connectivity index (χ0n) is 23.0. The van der Waals surface area contributed by atoms with E-state index in [0.29, 0.717) is 48.2 Å². The van der Waals surface area contributed by atoms with Crippen molar-refractivity contribution >= 4 is 40.5 Å². The van der Waals surface area contributed by atoms with Crippen molar-refractivity contribution in [1.82, 2.24) is 14.8 Å². The number of aliphatic hydroxyl groups excluding tert-OH is 1. The van der Waals surface area contributed by atoms with E-state index in [9.17, 15) is 14.7 Å². The lowest BCUT2D eigenvalue weighted by atomic mass is 9.88. The van der Waals surface area contributed by atoms with Crippen molar-refractivity contribution in [2.24, 2.45) is 28.5 Å². The number of allylic oxidation sites excluding steroid dienone is 1. The van der Waals surface area contributed by atoms with Gasteiger partial charge in [-0.3, -0.25) is 19.5 Å². The number of aliphatic imine (C=N–C) groups is 1. The number of amides is 2. The van der Waals surface area contributed by atoms with Crippen LogP contribution in [-0.4, -0.2) is 88.9 Å². The molecule has 1 saturated carbocycles. The molecule has 2 fully saturated rings. The number of aromatic nitrogens is 1. The van der Waals surface area contributed by atoms with Gasteiger partial charge in [-0.05, 0) is 55.0 Å². The number of carbonyl (C=O) groups excluding carboxylic acids is 2. The van der Waals surface area contributed by atoms with Gasteiger partial charge >= 0.3 is 0 Å². The first-order valence-corrected chi connectivity index (χ1v) is 14.5. The quantitative estimate of drug-likeness (QED) is 0.389. The Kier molecular flexibility index (Phi) is 7.72. The van der Waals surface area contributed by atoms with Gasteiger partial charge in [0.1, 0.15) is 11.4 Å². The lowest BCUT2D eigenvalue weighted by molar-refractivity contribution is -0.135. The first-order valence-electron chi connectivity index (χ1n) is 14.2. The minimum absolute atomic E-state index is 0.0237. The number of β-amino-alcohol motifs (C(OH)–C–C–N with tert-alkyl or cyclic N) is 1. The second-order valence-electron chi connectivity index (χ2n) is 11.4. The molecule has 2 bridgehead atoms. The number of rotatable bonds is 9. The number of fused-ring (bicyclic) bond motifs is 3. The molecule has 2 aromatic rings. The number of piperazine rings is 1. The van der Waals surface area contributed by atoms with E-state index in [1.54, 1.807) is 18.0 Å². The van der Waals surface area contributed by atoms with Crippen LogP contribution in [0, 0.1) is 17.8 Å². The maximum Gasteiger partial charge on any atom is 0.260 e. The summed E-state index contributed by atoms with van der Waals surface area (Å²) in [7, 11) is 0. The van der Waals surface area contributed by atoms with Crippen LogP contribution in [0.4, 0.5) is 11.4 Å². The molecule has 1 aromatic heterocycles. The monoisotopic (exact) mass is 578 g/mol. The number of halogens is 1. The summed E-state index contributed by atoms with van der Waals surface area (Å²) in [6.07, 6.45) is 6.97. The van der Waals surface area contributed by atoms with Gasteiger partial charge in [0.2, 0.25) is 5.91 Å². The van der Waals surface area contributed by atoms with Crippen LogP contribution < -0.4 is 15.8 Å². The summed E-state index contributed by atoms with van der Waals surface area (Å²) in [6.45, 7) is 5.13. The van der Waals surface area contributed by atoms with E-state index in [1.165, 1.54) is 0 Å². The molecule has 1 unspecified atom stereocenters. The molecule has 4 aliphatic rings. The zero-order chi connectivity index (χ0) is 28.7. The molecule has 6 rings (SSSR count). The van der Waals surface area contributed by atoms with Crippen molar-refractivity contribution in [3.8, 4) is 5.75 Å². The predicted molar refractivity (Wildman–Crippen MR) is 157 cm³/mol. The lowest BCUT2D eigenvalue weighted by Gasteiger charge is -2.35. The fraction of sp³-hybridized carbons (Fsp3) is 0.467. The van der Waals surface area contributed by atoms with E-state index in [2.05, 4.69) is 27.4 Å². The van der Waals surface area contributed by atoms with Crippen molar-refractivity contribution in [1.29, 1.82) is 0 Å². The second-order valence-corrected chi connectivity index (χ2v) is 11.8. The van der Waals surface area contributed by atoms with Crippen LogP contribution in [0.1, 0.15) is 24.6 Å². The molecule has 0 radical (unpaired) electrons. The summed E-state index contributed by atoms with van der Waals surface area (Å²) in [6, 6.07) is 7.41. The van der Waals surface area contributed by atoms with Gasteiger partial charge in [-0.1, -0.05) is 23.8 Å². The highest BCUT2D eigenvalue weighted by Crippen LogP contribution is 2.47. The molecule has 4 N–H and O–H groups in total. The fourth-order valence-corrected chi connectivity index (χ4v) is 6.70. The lowest BCUT2D eigenvalue weighted by Crippen LogP contribution is -2.51. The van der Waals surface area contributed by atoms with E-state index in [0.717, 1.165) is 36.5 Å². The van der Waals surface area contributed by atoms with Gasteiger partial charge in [0.15, 0.2) is 6.61 Å². The van der Waals surface area contributed by atoms with Gasteiger partial charge in [0.05, 0.1) is 34.1 Å². The van der Waals surface area contributed by atoms with Crippen LogP contribution >= 0.6 is 11.6 Å². The number of anilines is 1. The molecule has 41 heavy (non-hydrogen) atoms. The third kappa shape index (κ3) is 5.68. The molecule has 3 heterocycles. The highest BCUT2D eigenvalue weighted by Gasteiger charge is 2.48. The molecule has 10 nitrogen and oxygen atoms in total. The minimum Gasteiger partial charge on any atom is -0.484 e. The number of ether oxygens (including phenoxy) is 1. The SMILES string of the molecule is CC(O)CN1CCN(C(=O)COc2ccc(C3=Nc4c(ncc(Cl)c4N[C@H]4[C@@H](C(N)=O)[C@@H]5C=C[C@H]4C5)C3)cc2)CC1. The van der Waals surface area contributed by atoms with E-state index in [1.807, 2.05) is 24.3 Å². The first-order chi connectivity index (χ1) is 19.8. The van der Waals surface area contributed by atoms with Crippen molar-refractivity contribution < 1.29 is 19.4 Å². The van der Waals surface area contributed by atoms with Gasteiger partial charge < -0.3 is 25.8 Å². The summed E-state index contributed by atoms with van der Waals surface area (Å²) in [5, 5.41) is 13.5. The maximum absolute atomic E-state index is 12.6. The Balaban J connectivity index is 1.09. The van der Waals surface area contributed by atoms with Gasteiger partial charge in [-0.2, -0.15) is 0 Å². The Bertz CT molecular complexity index is 1390. The largest absolute Gasteiger partial charge is 0.484 e. The summed E-state index contributed by atoms with van der Waals surface area (Å²) >= 11 is 6.59. The number of aliphatic hydroxyl groups is 1. The number of hydrogen-bond acceptors (Lipinski definition) is 8. The van der Waals surface area contributed by atoms with Crippen LogP contribution in [-0.2, 0) is 16.0 Å². The number of primary amides is 1. The number of nitrogens with one attached hydrogen (secondary N) is 1. The molecule has 1 saturated heterocycles. The van der Waals surface area contributed by atoms with E-state index >= 15 is 0 Å². The number of nitrogens with zero attached hydrogens (tertiary/aromatic N) is 4. The molecular weight excluding hydrogens is 544 g/mol. The van der Waals surface area contributed by atoms with Crippen molar-refractivity contribution in [3.63, 3.8) is 0 Å².